The van der Waals surface area contributed by atoms with Gasteiger partial charge in [0.05, 0.1) is 18.4 Å². The van der Waals surface area contributed by atoms with E-state index in [-0.39, 0.29) is 0 Å². The van der Waals surface area contributed by atoms with Crippen LogP contribution in [0.1, 0.15) is 5.69 Å². The lowest BCUT2D eigenvalue weighted by molar-refractivity contribution is 0.416. The third-order valence-electron chi connectivity index (χ3n) is 3.01. The van der Waals surface area contributed by atoms with Gasteiger partial charge in [0.15, 0.2) is 0 Å². The van der Waals surface area contributed by atoms with Crippen molar-refractivity contribution in [1.29, 1.82) is 0 Å². The van der Waals surface area contributed by atoms with E-state index in [1.807, 2.05) is 43.3 Å². The van der Waals surface area contributed by atoms with Crippen molar-refractivity contribution in [3.05, 3.63) is 48.3 Å². The van der Waals surface area contributed by atoms with Crippen molar-refractivity contribution in [2.24, 2.45) is 0 Å². The van der Waals surface area contributed by atoms with Gasteiger partial charge in [-0.1, -0.05) is 17.2 Å². The Balaban J connectivity index is 1.87. The maximum Gasteiger partial charge on any atom is 0.320 e. The molecule has 0 saturated carbocycles. The lowest BCUT2D eigenvalue weighted by Gasteiger charge is -2.07. The molecular formula is C15H14N4O2. The van der Waals surface area contributed by atoms with E-state index in [1.165, 1.54) is 0 Å². The molecular weight excluding hydrogens is 268 g/mol. The third kappa shape index (κ3) is 2.69. The fourth-order valence-electron chi connectivity index (χ4n) is 1.96. The van der Waals surface area contributed by atoms with Crippen LogP contribution in [0, 0.1) is 6.92 Å². The van der Waals surface area contributed by atoms with Gasteiger partial charge in [0.25, 0.3) is 5.89 Å². The molecule has 0 bridgehead atoms. The fraction of sp³-hybridized carbons (Fsp3) is 0.133. The number of hydrogen-bond donors (Lipinski definition) is 1. The summed E-state index contributed by atoms with van der Waals surface area (Å²) in [6.45, 7) is 1.90. The van der Waals surface area contributed by atoms with E-state index in [4.69, 9.17) is 9.15 Å². The maximum absolute atomic E-state index is 5.63. The molecule has 0 aliphatic heterocycles. The number of ether oxygens (including phenoxy) is 1. The molecule has 1 aromatic carbocycles. The first-order valence-corrected chi connectivity index (χ1v) is 6.43. The first-order chi connectivity index (χ1) is 10.3. The van der Waals surface area contributed by atoms with Crippen LogP contribution >= 0.6 is 0 Å². The second-order valence-electron chi connectivity index (χ2n) is 4.37. The molecule has 6 heteroatoms. The van der Waals surface area contributed by atoms with Crippen molar-refractivity contribution < 1.29 is 9.15 Å². The van der Waals surface area contributed by atoms with Crippen LogP contribution in [0.3, 0.4) is 0 Å². The monoisotopic (exact) mass is 282 g/mol. The van der Waals surface area contributed by atoms with Crippen LogP contribution in [0.25, 0.3) is 11.5 Å². The molecule has 0 aliphatic rings. The molecule has 0 saturated heterocycles. The van der Waals surface area contributed by atoms with Crippen molar-refractivity contribution in [1.82, 2.24) is 15.2 Å². The minimum Gasteiger partial charge on any atom is -0.495 e. The summed E-state index contributed by atoms with van der Waals surface area (Å²) in [6, 6.07) is 11.5. The van der Waals surface area contributed by atoms with Gasteiger partial charge in [-0.3, -0.25) is 4.98 Å². The predicted octanol–water partition coefficient (Wildman–Crippen LogP) is 3.19. The molecule has 0 atom stereocenters. The highest BCUT2D eigenvalue weighted by Crippen LogP contribution is 2.28. The van der Waals surface area contributed by atoms with Crippen molar-refractivity contribution in [2.75, 3.05) is 12.4 Å². The van der Waals surface area contributed by atoms with Gasteiger partial charge in [-0.2, -0.15) is 0 Å². The summed E-state index contributed by atoms with van der Waals surface area (Å²) in [5.74, 6) is 1.13. The Morgan fingerprint density at radius 3 is 2.76 bits per heavy atom. The molecule has 21 heavy (non-hydrogen) atoms. The molecule has 3 rings (SSSR count). The molecule has 2 aromatic heterocycles. The first kappa shape index (κ1) is 13.1. The van der Waals surface area contributed by atoms with Crippen LogP contribution in [0.5, 0.6) is 5.75 Å². The van der Waals surface area contributed by atoms with Gasteiger partial charge in [-0.15, -0.1) is 5.10 Å². The molecule has 3 aromatic rings. The van der Waals surface area contributed by atoms with Gasteiger partial charge >= 0.3 is 6.01 Å². The summed E-state index contributed by atoms with van der Waals surface area (Å²) < 4.78 is 10.9. The Morgan fingerprint density at radius 1 is 1.10 bits per heavy atom. The molecule has 0 unspecified atom stereocenters. The molecule has 0 aliphatic carbocycles. The van der Waals surface area contributed by atoms with E-state index >= 15 is 0 Å². The Labute approximate surface area is 121 Å². The van der Waals surface area contributed by atoms with E-state index in [9.17, 15) is 0 Å². The molecule has 0 amide bonds. The number of para-hydroxylation sites is 2. The number of nitrogens with zero attached hydrogens (tertiary/aromatic N) is 3. The third-order valence-corrected chi connectivity index (χ3v) is 3.01. The number of pyridine rings is 1. The van der Waals surface area contributed by atoms with E-state index in [0.29, 0.717) is 17.7 Å². The normalized spacial score (nSPS) is 10.4. The van der Waals surface area contributed by atoms with Gasteiger partial charge in [-0.25, -0.2) is 0 Å². The molecule has 1 N–H and O–H groups in total. The van der Waals surface area contributed by atoms with Crippen LogP contribution in [0.15, 0.2) is 47.0 Å². The molecule has 6 nitrogen and oxygen atoms in total. The average Bonchev–Trinajstić information content (AvgIpc) is 2.96. The van der Waals surface area contributed by atoms with Crippen LogP contribution < -0.4 is 10.1 Å². The number of aromatic nitrogens is 3. The quantitative estimate of drug-likeness (QED) is 0.792. The predicted molar refractivity (Wildman–Crippen MR) is 78.5 cm³/mol. The summed E-state index contributed by atoms with van der Waals surface area (Å²) >= 11 is 0. The minimum atomic E-state index is 0.303. The van der Waals surface area contributed by atoms with Crippen molar-refractivity contribution in [3.8, 4) is 17.2 Å². The fourth-order valence-corrected chi connectivity index (χ4v) is 1.96. The summed E-state index contributed by atoms with van der Waals surface area (Å²) in [6.07, 6.45) is 1.73. The summed E-state index contributed by atoms with van der Waals surface area (Å²) in [4.78, 5) is 4.21. The standard InChI is InChI=1S/C15H14N4O2/c1-10-11(6-5-9-16-10)14-18-19-15(21-14)17-12-7-3-4-8-13(12)20-2/h3-9H,1-2H3,(H,17,19). The largest absolute Gasteiger partial charge is 0.495 e. The number of nitrogens with one attached hydrogen (secondary N) is 1. The number of benzene rings is 1. The first-order valence-electron chi connectivity index (χ1n) is 6.43. The molecule has 0 spiro atoms. The van der Waals surface area contributed by atoms with Crippen LogP contribution in [0.4, 0.5) is 11.7 Å². The summed E-state index contributed by atoms with van der Waals surface area (Å²) in [7, 11) is 1.61. The average molecular weight is 282 g/mol. The van der Waals surface area contributed by atoms with Gasteiger partial charge in [-0.05, 0) is 31.2 Å². The number of methoxy groups -OCH3 is 1. The zero-order chi connectivity index (χ0) is 14.7. The van der Waals surface area contributed by atoms with E-state index in [1.54, 1.807) is 13.3 Å². The van der Waals surface area contributed by atoms with Gasteiger partial charge in [0.1, 0.15) is 5.75 Å². The van der Waals surface area contributed by atoms with E-state index in [0.717, 1.165) is 16.9 Å². The second-order valence-corrected chi connectivity index (χ2v) is 4.37. The smallest absolute Gasteiger partial charge is 0.320 e. The lowest BCUT2D eigenvalue weighted by atomic mass is 10.2. The molecule has 106 valence electrons. The van der Waals surface area contributed by atoms with Gasteiger partial charge < -0.3 is 14.5 Å². The highest BCUT2D eigenvalue weighted by Gasteiger charge is 2.12. The zero-order valence-electron chi connectivity index (χ0n) is 11.7. The van der Waals surface area contributed by atoms with Gasteiger partial charge in [0.2, 0.25) is 0 Å². The molecule has 2 heterocycles. The Morgan fingerprint density at radius 2 is 1.95 bits per heavy atom. The molecule has 0 radical (unpaired) electrons. The van der Waals surface area contributed by atoms with Crippen molar-refractivity contribution >= 4 is 11.7 Å². The second kappa shape index (κ2) is 5.62. The van der Waals surface area contributed by atoms with E-state index < -0.39 is 0 Å². The van der Waals surface area contributed by atoms with Crippen molar-refractivity contribution in [3.63, 3.8) is 0 Å². The topological polar surface area (TPSA) is 73.1 Å². The Bertz CT molecular complexity index is 755. The lowest BCUT2D eigenvalue weighted by Crippen LogP contribution is -1.94. The highest BCUT2D eigenvalue weighted by molar-refractivity contribution is 5.63. The Kier molecular flexibility index (Phi) is 3.51. The summed E-state index contributed by atoms with van der Waals surface area (Å²) in [5.41, 5.74) is 2.42. The number of anilines is 2. The zero-order valence-corrected chi connectivity index (χ0v) is 11.7. The highest BCUT2D eigenvalue weighted by atomic mass is 16.5. The number of hydrogen-bond acceptors (Lipinski definition) is 6. The van der Waals surface area contributed by atoms with Crippen LogP contribution in [-0.4, -0.2) is 22.3 Å². The SMILES string of the molecule is COc1ccccc1Nc1nnc(-c2cccnc2C)o1. The van der Waals surface area contributed by atoms with Crippen LogP contribution in [-0.2, 0) is 0 Å². The van der Waals surface area contributed by atoms with Crippen molar-refractivity contribution in [2.45, 2.75) is 6.92 Å². The number of rotatable bonds is 4. The maximum atomic E-state index is 5.63. The van der Waals surface area contributed by atoms with Crippen LogP contribution in [0.2, 0.25) is 0 Å². The number of aryl methyl sites for hydroxylation is 1. The van der Waals surface area contributed by atoms with E-state index in [2.05, 4.69) is 20.5 Å². The molecule has 0 fully saturated rings. The van der Waals surface area contributed by atoms with Gasteiger partial charge in [0, 0.05) is 11.9 Å². The minimum absolute atomic E-state index is 0.303. The Hall–Kier alpha value is -2.89. The summed E-state index contributed by atoms with van der Waals surface area (Å²) in [5, 5.41) is 11.1.